The third-order valence-corrected chi connectivity index (χ3v) is 3.52. The van der Waals surface area contributed by atoms with Crippen molar-refractivity contribution in [3.63, 3.8) is 0 Å². The van der Waals surface area contributed by atoms with Gasteiger partial charge in [-0.3, -0.25) is 4.79 Å². The maximum absolute atomic E-state index is 10.9. The fourth-order valence-corrected chi connectivity index (χ4v) is 1.88. The first-order chi connectivity index (χ1) is 6.93. The van der Waals surface area contributed by atoms with Crippen molar-refractivity contribution in [1.82, 2.24) is 0 Å². The van der Waals surface area contributed by atoms with Crippen molar-refractivity contribution in [2.45, 2.75) is 20.3 Å². The Bertz CT molecular complexity index is 319. The molecule has 0 bridgehead atoms. The van der Waals surface area contributed by atoms with E-state index < -0.39 is 11.4 Å². The Morgan fingerprint density at radius 1 is 1.60 bits per heavy atom. The Kier molecular flexibility index (Phi) is 3.74. The number of thiophene rings is 1. The molecule has 0 fully saturated rings. The van der Waals surface area contributed by atoms with E-state index in [0.29, 0.717) is 6.42 Å². The van der Waals surface area contributed by atoms with E-state index in [1.54, 1.807) is 25.2 Å². The predicted molar refractivity (Wildman–Crippen MR) is 63.6 cm³/mol. The second kappa shape index (κ2) is 4.66. The Morgan fingerprint density at radius 2 is 2.27 bits per heavy atom. The van der Waals surface area contributed by atoms with Gasteiger partial charge in [-0.25, -0.2) is 0 Å². The minimum Gasteiger partial charge on any atom is -0.481 e. The molecule has 0 aromatic carbocycles. The summed E-state index contributed by atoms with van der Waals surface area (Å²) in [5.74, 6) is -0.734. The zero-order valence-corrected chi connectivity index (χ0v) is 10.2. The van der Waals surface area contributed by atoms with Gasteiger partial charge in [-0.1, -0.05) is 0 Å². The molecule has 0 spiro atoms. The molecule has 1 N–H and O–H groups in total. The smallest absolute Gasteiger partial charge is 0.309 e. The number of carbonyl (C=O) groups is 1. The van der Waals surface area contributed by atoms with E-state index in [1.807, 2.05) is 24.6 Å². The second-order valence-electron chi connectivity index (χ2n) is 4.31. The highest BCUT2D eigenvalue weighted by molar-refractivity contribution is 7.14. The van der Waals surface area contributed by atoms with E-state index >= 15 is 0 Å². The van der Waals surface area contributed by atoms with Crippen LogP contribution in [0.1, 0.15) is 20.3 Å². The van der Waals surface area contributed by atoms with Gasteiger partial charge >= 0.3 is 5.97 Å². The molecule has 1 aromatic rings. The van der Waals surface area contributed by atoms with Gasteiger partial charge in [0.25, 0.3) is 0 Å². The van der Waals surface area contributed by atoms with E-state index in [4.69, 9.17) is 5.11 Å². The molecule has 0 atom stereocenters. The van der Waals surface area contributed by atoms with Gasteiger partial charge in [0.05, 0.1) is 10.4 Å². The van der Waals surface area contributed by atoms with Gasteiger partial charge in [0.1, 0.15) is 0 Å². The Hall–Kier alpha value is -1.03. The Balaban J connectivity index is 2.47. The van der Waals surface area contributed by atoms with Gasteiger partial charge in [0, 0.05) is 13.6 Å². The lowest BCUT2D eigenvalue weighted by Gasteiger charge is -2.23. The lowest BCUT2D eigenvalue weighted by Crippen LogP contribution is -2.29. The van der Waals surface area contributed by atoms with Gasteiger partial charge in [-0.15, -0.1) is 11.3 Å². The summed E-state index contributed by atoms with van der Waals surface area (Å²) in [6.07, 6.45) is 0.650. The molecular weight excluding hydrogens is 210 g/mol. The first-order valence-electron chi connectivity index (χ1n) is 4.91. The van der Waals surface area contributed by atoms with Crippen LogP contribution < -0.4 is 4.90 Å². The number of anilines is 1. The Labute approximate surface area is 94.3 Å². The zero-order chi connectivity index (χ0) is 11.5. The van der Waals surface area contributed by atoms with Crippen LogP contribution in [0, 0.1) is 5.41 Å². The topological polar surface area (TPSA) is 40.5 Å². The van der Waals surface area contributed by atoms with Crippen LogP contribution in [0.4, 0.5) is 5.00 Å². The van der Waals surface area contributed by atoms with Gasteiger partial charge in [0.2, 0.25) is 0 Å². The molecule has 0 saturated carbocycles. The van der Waals surface area contributed by atoms with Gasteiger partial charge in [0.15, 0.2) is 0 Å². The molecule has 3 nitrogen and oxygen atoms in total. The number of nitrogens with zero attached hydrogens (tertiary/aromatic N) is 1. The maximum Gasteiger partial charge on any atom is 0.309 e. The highest BCUT2D eigenvalue weighted by atomic mass is 32.1. The zero-order valence-electron chi connectivity index (χ0n) is 9.36. The van der Waals surface area contributed by atoms with Crippen molar-refractivity contribution in [2.75, 3.05) is 18.5 Å². The van der Waals surface area contributed by atoms with Crippen LogP contribution in [-0.2, 0) is 4.79 Å². The summed E-state index contributed by atoms with van der Waals surface area (Å²) in [6, 6.07) is 4.04. The number of rotatable bonds is 5. The van der Waals surface area contributed by atoms with Crippen molar-refractivity contribution in [3.8, 4) is 0 Å². The van der Waals surface area contributed by atoms with Crippen molar-refractivity contribution >= 4 is 22.3 Å². The van der Waals surface area contributed by atoms with E-state index in [9.17, 15) is 4.79 Å². The lowest BCUT2D eigenvalue weighted by molar-refractivity contribution is -0.147. The van der Waals surface area contributed by atoms with Crippen LogP contribution in [-0.4, -0.2) is 24.7 Å². The van der Waals surface area contributed by atoms with Crippen LogP contribution in [0.25, 0.3) is 0 Å². The van der Waals surface area contributed by atoms with Crippen LogP contribution in [0.15, 0.2) is 17.5 Å². The van der Waals surface area contributed by atoms with Crippen molar-refractivity contribution < 1.29 is 9.90 Å². The molecule has 84 valence electrons. The van der Waals surface area contributed by atoms with E-state index in [-0.39, 0.29) is 0 Å². The summed E-state index contributed by atoms with van der Waals surface area (Å²) in [4.78, 5) is 13.0. The standard InChI is InChI=1S/C11H17NO2S/c1-11(2,10(13)14)6-7-12(3)9-5-4-8-15-9/h4-5,8H,6-7H2,1-3H3,(H,13,14). The van der Waals surface area contributed by atoms with Crippen molar-refractivity contribution in [2.24, 2.45) is 5.41 Å². The predicted octanol–water partition coefficient (Wildman–Crippen LogP) is 2.69. The van der Waals surface area contributed by atoms with Crippen LogP contribution in [0.5, 0.6) is 0 Å². The molecule has 4 heteroatoms. The number of aliphatic carboxylic acids is 1. The first kappa shape index (κ1) is 12.0. The molecule has 1 rings (SSSR count). The molecule has 0 aliphatic rings. The highest BCUT2D eigenvalue weighted by Crippen LogP contribution is 2.24. The van der Waals surface area contributed by atoms with Crippen LogP contribution >= 0.6 is 11.3 Å². The summed E-state index contributed by atoms with van der Waals surface area (Å²) in [5, 5.41) is 12.2. The minimum atomic E-state index is -0.734. The number of hydrogen-bond donors (Lipinski definition) is 1. The van der Waals surface area contributed by atoms with Crippen LogP contribution in [0.2, 0.25) is 0 Å². The average molecular weight is 227 g/mol. The van der Waals surface area contributed by atoms with Gasteiger partial charge < -0.3 is 10.0 Å². The maximum atomic E-state index is 10.9. The summed E-state index contributed by atoms with van der Waals surface area (Å²) in [6.45, 7) is 4.29. The van der Waals surface area contributed by atoms with Gasteiger partial charge in [-0.2, -0.15) is 0 Å². The molecule has 0 saturated heterocycles. The molecule has 1 aromatic heterocycles. The van der Waals surface area contributed by atoms with Crippen LogP contribution in [0.3, 0.4) is 0 Å². The van der Waals surface area contributed by atoms with Crippen molar-refractivity contribution in [1.29, 1.82) is 0 Å². The van der Waals surface area contributed by atoms with E-state index in [2.05, 4.69) is 4.90 Å². The largest absolute Gasteiger partial charge is 0.481 e. The molecule has 0 aliphatic carbocycles. The van der Waals surface area contributed by atoms with E-state index in [1.165, 1.54) is 5.00 Å². The fourth-order valence-electron chi connectivity index (χ4n) is 1.15. The Morgan fingerprint density at radius 3 is 2.73 bits per heavy atom. The third-order valence-electron chi connectivity index (χ3n) is 2.53. The normalized spacial score (nSPS) is 11.4. The second-order valence-corrected chi connectivity index (χ2v) is 5.24. The summed E-state index contributed by atoms with van der Waals surface area (Å²) < 4.78 is 0. The summed E-state index contributed by atoms with van der Waals surface area (Å²) in [5.41, 5.74) is -0.647. The molecule has 1 heterocycles. The van der Waals surface area contributed by atoms with Crippen molar-refractivity contribution in [3.05, 3.63) is 17.5 Å². The molecule has 0 aliphatic heterocycles. The monoisotopic (exact) mass is 227 g/mol. The molecule has 0 radical (unpaired) electrons. The number of carboxylic acids is 1. The average Bonchev–Trinajstić information content (AvgIpc) is 2.66. The van der Waals surface area contributed by atoms with E-state index in [0.717, 1.165) is 6.54 Å². The quantitative estimate of drug-likeness (QED) is 0.840. The number of hydrogen-bond acceptors (Lipinski definition) is 3. The number of carboxylic acid groups (broad SMARTS) is 1. The third kappa shape index (κ3) is 3.23. The lowest BCUT2D eigenvalue weighted by atomic mass is 9.89. The molecule has 0 unspecified atom stereocenters. The van der Waals surface area contributed by atoms with Gasteiger partial charge in [-0.05, 0) is 37.8 Å². The SMILES string of the molecule is CN(CCC(C)(C)C(=O)O)c1cccs1. The highest BCUT2D eigenvalue weighted by Gasteiger charge is 2.27. The summed E-state index contributed by atoms with van der Waals surface area (Å²) in [7, 11) is 1.99. The molecule has 0 amide bonds. The molecule has 15 heavy (non-hydrogen) atoms. The fraction of sp³-hybridized carbons (Fsp3) is 0.545. The molecular formula is C11H17NO2S. The summed E-state index contributed by atoms with van der Waals surface area (Å²) >= 11 is 1.67. The minimum absolute atomic E-state index is 0.647. The first-order valence-corrected chi connectivity index (χ1v) is 5.79.